The van der Waals surface area contributed by atoms with Crippen LogP contribution in [-0.4, -0.2) is 20.0 Å². The molecule has 0 saturated heterocycles. The van der Waals surface area contributed by atoms with Crippen LogP contribution in [0.2, 0.25) is 0 Å². The zero-order chi connectivity index (χ0) is 9.14. The lowest BCUT2D eigenvalue weighted by Crippen LogP contribution is -1.99. The Hall–Kier alpha value is -0.970. The minimum atomic E-state index is 0.326. The summed E-state index contributed by atoms with van der Waals surface area (Å²) in [5.74, 6) is 0.439. The first kappa shape index (κ1) is 9.12. The summed E-state index contributed by atoms with van der Waals surface area (Å²) in [6, 6.07) is 0. The number of aromatic nitrogens is 3. The summed E-state index contributed by atoms with van der Waals surface area (Å²) in [6.07, 6.45) is 1.86. The second-order valence-corrected chi connectivity index (χ2v) is 3.80. The number of nitrogen functional groups attached to an aromatic ring is 1. The number of hydrogen-bond acceptors (Lipinski definition) is 4. The monoisotopic (exact) mass is 184 g/mol. The third-order valence-electron chi connectivity index (χ3n) is 1.49. The van der Waals surface area contributed by atoms with Crippen molar-refractivity contribution in [1.29, 1.82) is 0 Å². The maximum Gasteiger partial charge on any atom is 0.222 e. The van der Waals surface area contributed by atoms with E-state index in [4.69, 9.17) is 5.73 Å². The average molecular weight is 184 g/mol. The van der Waals surface area contributed by atoms with Gasteiger partial charge in [0.2, 0.25) is 5.95 Å². The zero-order valence-electron chi connectivity index (χ0n) is 7.19. The van der Waals surface area contributed by atoms with Crippen molar-refractivity contribution in [3.63, 3.8) is 0 Å². The van der Waals surface area contributed by atoms with E-state index < -0.39 is 0 Å². The zero-order valence-corrected chi connectivity index (χ0v) is 8.01. The second-order valence-electron chi connectivity index (χ2n) is 2.46. The summed E-state index contributed by atoms with van der Waals surface area (Å²) in [4.78, 5) is 0. The van der Waals surface area contributed by atoms with Gasteiger partial charge in [-0.05, 0) is 6.92 Å². The molecular weight excluding hydrogens is 172 g/mol. The number of rotatable bonds is 3. The van der Waals surface area contributed by atoms with Gasteiger partial charge in [0.15, 0.2) is 5.16 Å². The van der Waals surface area contributed by atoms with Gasteiger partial charge in [0.05, 0.1) is 0 Å². The van der Waals surface area contributed by atoms with Crippen LogP contribution in [0.3, 0.4) is 0 Å². The van der Waals surface area contributed by atoms with Gasteiger partial charge in [-0.25, -0.2) is 0 Å². The largest absolute Gasteiger partial charge is 0.368 e. The molecule has 2 N–H and O–H groups in total. The van der Waals surface area contributed by atoms with E-state index in [1.54, 1.807) is 16.3 Å². The summed E-state index contributed by atoms with van der Waals surface area (Å²) in [5, 5.41) is 8.79. The minimum absolute atomic E-state index is 0.326. The molecule has 66 valence electrons. The average Bonchev–Trinajstić information content (AvgIpc) is 2.36. The third kappa shape index (κ3) is 1.79. The number of thioether (sulfide) groups is 1. The van der Waals surface area contributed by atoms with E-state index in [-0.39, 0.29) is 0 Å². The molecule has 0 aliphatic carbocycles. The Bertz CT molecular complexity index is 281. The minimum Gasteiger partial charge on any atom is -0.368 e. The highest BCUT2D eigenvalue weighted by Gasteiger charge is 2.08. The van der Waals surface area contributed by atoms with Crippen LogP contribution in [0.5, 0.6) is 0 Å². The van der Waals surface area contributed by atoms with E-state index in [0.717, 1.165) is 5.16 Å². The lowest BCUT2D eigenvalue weighted by Gasteiger charge is -2.03. The Labute approximate surface area is 75.9 Å². The van der Waals surface area contributed by atoms with Gasteiger partial charge in [0, 0.05) is 12.3 Å². The fourth-order valence-electron chi connectivity index (χ4n) is 0.643. The maximum absolute atomic E-state index is 5.51. The molecule has 0 radical (unpaired) electrons. The van der Waals surface area contributed by atoms with Gasteiger partial charge in [-0.2, -0.15) is 0 Å². The van der Waals surface area contributed by atoms with Crippen LogP contribution in [-0.2, 0) is 7.05 Å². The summed E-state index contributed by atoms with van der Waals surface area (Å²) < 4.78 is 1.75. The van der Waals surface area contributed by atoms with Crippen molar-refractivity contribution in [3.05, 3.63) is 12.7 Å². The summed E-state index contributed by atoms with van der Waals surface area (Å²) in [5.41, 5.74) is 5.51. The Kier molecular flexibility index (Phi) is 2.75. The van der Waals surface area contributed by atoms with Crippen molar-refractivity contribution >= 4 is 17.7 Å². The molecule has 0 aromatic carbocycles. The van der Waals surface area contributed by atoms with Gasteiger partial charge in [0.1, 0.15) is 0 Å². The molecule has 0 spiro atoms. The van der Waals surface area contributed by atoms with E-state index in [1.165, 1.54) is 0 Å². The Morgan fingerprint density at radius 1 is 1.67 bits per heavy atom. The maximum atomic E-state index is 5.51. The van der Waals surface area contributed by atoms with Gasteiger partial charge in [-0.15, -0.1) is 16.8 Å². The molecule has 4 nitrogen and oxygen atoms in total. The molecular formula is C7H12N4S. The Balaban J connectivity index is 2.75. The Morgan fingerprint density at radius 3 is 2.75 bits per heavy atom. The summed E-state index contributed by atoms with van der Waals surface area (Å²) >= 11 is 1.58. The lowest BCUT2D eigenvalue weighted by atomic mass is 10.5. The van der Waals surface area contributed by atoms with Gasteiger partial charge < -0.3 is 5.73 Å². The SMILES string of the molecule is C=CC(C)Sc1nnc(N)n1C. The van der Waals surface area contributed by atoms with E-state index >= 15 is 0 Å². The predicted octanol–water partition coefficient (Wildman–Crippen LogP) is 1.06. The van der Waals surface area contributed by atoms with E-state index in [2.05, 4.69) is 16.8 Å². The van der Waals surface area contributed by atoms with Crippen LogP contribution in [0.4, 0.5) is 5.95 Å². The molecule has 1 atom stereocenters. The van der Waals surface area contributed by atoms with Crippen LogP contribution in [0.1, 0.15) is 6.92 Å². The van der Waals surface area contributed by atoms with Crippen molar-refractivity contribution in [1.82, 2.24) is 14.8 Å². The Morgan fingerprint density at radius 2 is 2.33 bits per heavy atom. The van der Waals surface area contributed by atoms with Crippen molar-refractivity contribution < 1.29 is 0 Å². The van der Waals surface area contributed by atoms with Crippen molar-refractivity contribution in [3.8, 4) is 0 Å². The molecule has 12 heavy (non-hydrogen) atoms. The van der Waals surface area contributed by atoms with Crippen LogP contribution in [0.15, 0.2) is 17.8 Å². The predicted molar refractivity (Wildman–Crippen MR) is 50.9 cm³/mol. The molecule has 1 aromatic rings. The first-order chi connectivity index (χ1) is 5.65. The molecule has 1 unspecified atom stereocenters. The molecule has 0 amide bonds. The molecule has 5 heteroatoms. The van der Waals surface area contributed by atoms with Gasteiger partial charge in [-0.1, -0.05) is 17.8 Å². The first-order valence-corrected chi connectivity index (χ1v) is 4.47. The number of hydrogen-bond donors (Lipinski definition) is 1. The summed E-state index contributed by atoms with van der Waals surface area (Å²) in [7, 11) is 1.84. The third-order valence-corrected chi connectivity index (χ3v) is 2.62. The van der Waals surface area contributed by atoms with Gasteiger partial charge in [0.25, 0.3) is 0 Å². The van der Waals surface area contributed by atoms with E-state index in [9.17, 15) is 0 Å². The van der Waals surface area contributed by atoms with E-state index in [0.29, 0.717) is 11.2 Å². The molecule has 0 aliphatic heterocycles. The normalized spacial score (nSPS) is 12.8. The molecule has 0 bridgehead atoms. The van der Waals surface area contributed by atoms with Crippen molar-refractivity contribution in [2.75, 3.05) is 5.73 Å². The second kappa shape index (κ2) is 3.62. The van der Waals surface area contributed by atoms with Crippen LogP contribution in [0, 0.1) is 0 Å². The lowest BCUT2D eigenvalue weighted by molar-refractivity contribution is 0.794. The fraction of sp³-hybridized carbons (Fsp3) is 0.429. The van der Waals surface area contributed by atoms with Crippen molar-refractivity contribution in [2.45, 2.75) is 17.3 Å². The van der Waals surface area contributed by atoms with Crippen LogP contribution < -0.4 is 5.73 Å². The quantitative estimate of drug-likeness (QED) is 0.564. The topological polar surface area (TPSA) is 56.7 Å². The standard InChI is InChI=1S/C7H12N4S/c1-4-5(2)12-7-10-9-6(8)11(7)3/h4-5H,1H2,2-3H3,(H2,8,9). The van der Waals surface area contributed by atoms with Gasteiger partial charge >= 0.3 is 0 Å². The first-order valence-electron chi connectivity index (χ1n) is 3.59. The smallest absolute Gasteiger partial charge is 0.222 e. The van der Waals surface area contributed by atoms with E-state index in [1.807, 2.05) is 20.0 Å². The number of nitrogens with zero attached hydrogens (tertiary/aromatic N) is 3. The number of nitrogens with two attached hydrogens (primary N) is 1. The highest BCUT2D eigenvalue weighted by Crippen LogP contribution is 2.21. The molecule has 1 rings (SSSR count). The molecule has 1 aromatic heterocycles. The van der Waals surface area contributed by atoms with Crippen molar-refractivity contribution in [2.24, 2.45) is 7.05 Å². The highest BCUT2D eigenvalue weighted by atomic mass is 32.2. The fourth-order valence-corrected chi connectivity index (χ4v) is 1.41. The molecule has 0 aliphatic rings. The highest BCUT2D eigenvalue weighted by molar-refractivity contribution is 7.99. The summed E-state index contributed by atoms with van der Waals surface area (Å²) in [6.45, 7) is 5.73. The molecule has 1 heterocycles. The van der Waals surface area contributed by atoms with Gasteiger partial charge in [-0.3, -0.25) is 4.57 Å². The molecule has 0 fully saturated rings. The van der Waals surface area contributed by atoms with Crippen LogP contribution in [0.25, 0.3) is 0 Å². The molecule has 0 saturated carbocycles. The van der Waals surface area contributed by atoms with Crippen LogP contribution >= 0.6 is 11.8 Å². The number of anilines is 1.